The molecular weight excluding hydrogens is 484 g/mol. The molecular formula is C20H20N6O6S2. The molecule has 5 rings (SSSR count). The first-order valence-corrected chi connectivity index (χ1v) is 13.4. The average molecular weight is 505 g/mol. The largest absolute Gasteiger partial charge is 0.341 e. The third kappa shape index (κ3) is 4.15. The second kappa shape index (κ2) is 8.14. The number of nitrogens with one attached hydrogen (secondary N) is 4. The van der Waals surface area contributed by atoms with Crippen LogP contribution in [0.15, 0.2) is 45.8 Å². The predicted molar refractivity (Wildman–Crippen MR) is 123 cm³/mol. The number of hydrogen-bond acceptors (Lipinski definition) is 8. The summed E-state index contributed by atoms with van der Waals surface area (Å²) in [5.41, 5.74) is 0.230. The molecule has 1 atom stereocenters. The van der Waals surface area contributed by atoms with Gasteiger partial charge in [-0.2, -0.15) is 21.6 Å². The lowest BCUT2D eigenvalue weighted by molar-refractivity contribution is -0.117. The summed E-state index contributed by atoms with van der Waals surface area (Å²) in [5.74, 6) is -3.16. The van der Waals surface area contributed by atoms with Crippen molar-refractivity contribution < 1.29 is 26.4 Å². The summed E-state index contributed by atoms with van der Waals surface area (Å²) in [6, 6.07) is 6.69. The molecule has 0 radical (unpaired) electrons. The van der Waals surface area contributed by atoms with Gasteiger partial charge in [0.25, 0.3) is 20.2 Å². The normalized spacial score (nSPS) is 21.6. The predicted octanol–water partition coefficient (Wildman–Crippen LogP) is 1.23. The molecule has 1 saturated carbocycles. The molecule has 1 aromatic heterocycles. The maximum atomic E-state index is 12.9. The van der Waals surface area contributed by atoms with Crippen molar-refractivity contribution in [2.75, 3.05) is 15.4 Å². The molecule has 0 saturated heterocycles. The van der Waals surface area contributed by atoms with E-state index < -0.39 is 37.8 Å². The lowest BCUT2D eigenvalue weighted by atomic mass is 9.92. The molecule has 1 aliphatic carbocycles. The zero-order valence-electron chi connectivity index (χ0n) is 17.6. The molecule has 2 aliphatic heterocycles. The van der Waals surface area contributed by atoms with Gasteiger partial charge < -0.3 is 10.6 Å². The van der Waals surface area contributed by atoms with Crippen molar-refractivity contribution in [3.05, 3.63) is 42.1 Å². The third-order valence-electron chi connectivity index (χ3n) is 5.78. The van der Waals surface area contributed by atoms with Gasteiger partial charge in [-0.1, -0.05) is 12.8 Å². The van der Waals surface area contributed by atoms with E-state index in [1.54, 1.807) is 0 Å². The minimum atomic E-state index is -4.34. The van der Waals surface area contributed by atoms with Gasteiger partial charge in [-0.25, -0.2) is 4.98 Å². The molecule has 178 valence electrons. The molecule has 0 bridgehead atoms. The molecule has 0 spiro atoms. The molecule has 14 heteroatoms. The van der Waals surface area contributed by atoms with E-state index in [0.29, 0.717) is 0 Å². The molecule has 3 aliphatic rings. The molecule has 12 nitrogen and oxygen atoms in total. The number of nitrogens with zero attached hydrogens (tertiary/aromatic N) is 2. The number of anilines is 3. The van der Waals surface area contributed by atoms with Gasteiger partial charge in [-0.15, -0.1) is 4.40 Å². The Hall–Kier alpha value is -3.36. The number of amidine groups is 1. The van der Waals surface area contributed by atoms with E-state index >= 15 is 0 Å². The Kier molecular flexibility index (Phi) is 5.37. The van der Waals surface area contributed by atoms with Crippen molar-refractivity contribution in [3.63, 3.8) is 0 Å². The van der Waals surface area contributed by atoms with Crippen LogP contribution in [0.2, 0.25) is 0 Å². The maximum Gasteiger partial charge on any atom is 0.299 e. The van der Waals surface area contributed by atoms with Crippen LogP contribution < -0.4 is 20.1 Å². The summed E-state index contributed by atoms with van der Waals surface area (Å²) in [6.07, 6.45) is 4.79. The van der Waals surface area contributed by atoms with E-state index in [0.717, 1.165) is 31.7 Å². The summed E-state index contributed by atoms with van der Waals surface area (Å²) in [4.78, 5) is 29.1. The first-order valence-electron chi connectivity index (χ1n) is 10.5. The van der Waals surface area contributed by atoms with Crippen LogP contribution in [0.5, 0.6) is 0 Å². The number of rotatable bonds is 5. The molecule has 1 fully saturated rings. The Morgan fingerprint density at radius 2 is 1.82 bits per heavy atom. The Morgan fingerprint density at radius 1 is 1.06 bits per heavy atom. The number of hydrogen-bond donors (Lipinski definition) is 4. The van der Waals surface area contributed by atoms with Crippen molar-refractivity contribution in [2.45, 2.75) is 36.6 Å². The fourth-order valence-corrected chi connectivity index (χ4v) is 6.58. The van der Waals surface area contributed by atoms with Crippen LogP contribution >= 0.6 is 0 Å². The first-order chi connectivity index (χ1) is 16.1. The second-order valence-corrected chi connectivity index (χ2v) is 11.2. The molecule has 4 N–H and O–H groups in total. The number of benzene rings is 1. The number of ketones is 1. The summed E-state index contributed by atoms with van der Waals surface area (Å²) >= 11 is 0. The number of carbonyl (C=O) groups is 2. The highest BCUT2D eigenvalue weighted by molar-refractivity contribution is 7.91. The number of Topliss-reactive ketones (excluding diaryl/α,β-unsaturated/α-hetero) is 1. The number of sulfonamides is 1. The fourth-order valence-electron chi connectivity index (χ4n) is 4.23. The topological polar surface area (TPSA) is 176 Å². The van der Waals surface area contributed by atoms with Crippen LogP contribution in [-0.2, 0) is 25.0 Å². The Balaban J connectivity index is 1.42. The lowest BCUT2D eigenvalue weighted by Gasteiger charge is -2.26. The summed E-state index contributed by atoms with van der Waals surface area (Å²) in [6.45, 7) is 0. The van der Waals surface area contributed by atoms with Gasteiger partial charge in [0.1, 0.15) is 16.5 Å². The van der Waals surface area contributed by atoms with Crippen molar-refractivity contribution in [1.29, 1.82) is 0 Å². The molecule has 1 amide bonds. The highest BCUT2D eigenvalue weighted by Gasteiger charge is 2.42. The summed E-state index contributed by atoms with van der Waals surface area (Å²) in [7, 11) is -8.25. The molecule has 34 heavy (non-hydrogen) atoms. The lowest BCUT2D eigenvalue weighted by Crippen LogP contribution is -2.44. The van der Waals surface area contributed by atoms with Crippen LogP contribution in [-0.4, -0.2) is 45.4 Å². The SMILES string of the molecule is O=C1Nc2ncccc2C(=O)C1C1=NS(=O)(=O)c2cc(NS(=O)(=O)NC3CCCC3)ccc2N1. The third-order valence-corrected chi connectivity index (χ3v) is 8.26. The Labute approximate surface area is 195 Å². The molecule has 3 heterocycles. The Morgan fingerprint density at radius 3 is 2.59 bits per heavy atom. The van der Waals surface area contributed by atoms with Crippen molar-refractivity contribution in [3.8, 4) is 0 Å². The van der Waals surface area contributed by atoms with Crippen LogP contribution in [0.1, 0.15) is 36.0 Å². The standard InChI is InChI=1S/C20H20N6O6S2/c27-17-13-6-3-9-21-18(13)23-20(28)16(17)19-22-14-8-7-12(10-15(14)33(29,30)26-19)25-34(31,32)24-11-4-1-2-5-11/h3,6-11,16,24-25H,1-2,4-5H2,(H,22,26)(H,21,23,28). The van der Waals surface area contributed by atoms with E-state index in [4.69, 9.17) is 0 Å². The van der Waals surface area contributed by atoms with E-state index in [1.807, 2.05) is 0 Å². The zero-order valence-corrected chi connectivity index (χ0v) is 19.2. The van der Waals surface area contributed by atoms with E-state index in [1.165, 1.54) is 30.5 Å². The van der Waals surface area contributed by atoms with Crippen molar-refractivity contribution in [2.24, 2.45) is 10.3 Å². The monoisotopic (exact) mass is 504 g/mol. The number of amides is 1. The second-order valence-electron chi connectivity index (χ2n) is 8.18. The average Bonchev–Trinajstić information content (AvgIpc) is 3.26. The van der Waals surface area contributed by atoms with Crippen LogP contribution in [0, 0.1) is 5.92 Å². The summed E-state index contributed by atoms with van der Waals surface area (Å²) < 4.78 is 59.2. The van der Waals surface area contributed by atoms with Crippen molar-refractivity contribution >= 4 is 55.0 Å². The maximum absolute atomic E-state index is 12.9. The first kappa shape index (κ1) is 22.4. The molecule has 1 unspecified atom stereocenters. The fraction of sp³-hybridized carbons (Fsp3) is 0.300. The number of fused-ring (bicyclic) bond motifs is 2. The molecule has 1 aromatic carbocycles. The molecule has 2 aromatic rings. The minimum Gasteiger partial charge on any atom is -0.341 e. The van der Waals surface area contributed by atoms with E-state index in [-0.39, 0.29) is 39.5 Å². The zero-order chi connectivity index (χ0) is 24.1. The van der Waals surface area contributed by atoms with Gasteiger partial charge in [-0.3, -0.25) is 14.3 Å². The van der Waals surface area contributed by atoms with E-state index in [2.05, 4.69) is 29.5 Å². The van der Waals surface area contributed by atoms with Crippen LogP contribution in [0.25, 0.3) is 0 Å². The van der Waals surface area contributed by atoms with Crippen molar-refractivity contribution in [1.82, 2.24) is 9.71 Å². The van der Waals surface area contributed by atoms with Crippen LogP contribution in [0.4, 0.5) is 17.2 Å². The van der Waals surface area contributed by atoms with Gasteiger partial charge in [-0.05, 0) is 43.2 Å². The minimum absolute atomic E-state index is 0.0276. The van der Waals surface area contributed by atoms with Gasteiger partial charge >= 0.3 is 0 Å². The van der Waals surface area contributed by atoms with Gasteiger partial charge in [0.05, 0.1) is 16.9 Å². The van der Waals surface area contributed by atoms with E-state index in [9.17, 15) is 26.4 Å². The van der Waals surface area contributed by atoms with Gasteiger partial charge in [0.2, 0.25) is 5.91 Å². The quantitative estimate of drug-likeness (QED) is 0.440. The number of carbonyl (C=O) groups excluding carboxylic acids is 2. The number of pyridine rings is 1. The summed E-state index contributed by atoms with van der Waals surface area (Å²) in [5, 5.41) is 5.22. The smallest absolute Gasteiger partial charge is 0.299 e. The van der Waals surface area contributed by atoms with Gasteiger partial charge in [0.15, 0.2) is 11.7 Å². The van der Waals surface area contributed by atoms with Gasteiger partial charge in [0, 0.05) is 12.2 Å². The Bertz CT molecular complexity index is 1450. The van der Waals surface area contributed by atoms with Crippen LogP contribution in [0.3, 0.4) is 0 Å². The number of aromatic nitrogens is 1. The highest BCUT2D eigenvalue weighted by atomic mass is 32.2. The highest BCUT2D eigenvalue weighted by Crippen LogP contribution is 2.33.